The number of benzene rings is 1. The Morgan fingerprint density at radius 3 is 3.09 bits per heavy atom. The summed E-state index contributed by atoms with van der Waals surface area (Å²) in [5.41, 5.74) is 1.99. The number of carbonyl (C=O) groups excluding carboxylic acids is 1. The van der Waals surface area contributed by atoms with E-state index in [4.69, 9.17) is 9.47 Å². The summed E-state index contributed by atoms with van der Waals surface area (Å²) in [6.07, 6.45) is 4.15. The minimum absolute atomic E-state index is 0.0662. The number of nitrogens with zero attached hydrogens (tertiary/aromatic N) is 1. The Hall–Kier alpha value is -2.76. The predicted octanol–water partition coefficient (Wildman–Crippen LogP) is 1.89. The second-order valence-corrected chi connectivity index (χ2v) is 5.35. The fraction of sp³-hybridized carbons (Fsp3) is 0.294. The van der Waals surface area contributed by atoms with E-state index >= 15 is 0 Å². The van der Waals surface area contributed by atoms with Crippen LogP contribution in [0.3, 0.4) is 0 Å². The minimum Gasteiger partial charge on any atom is -0.493 e. The van der Waals surface area contributed by atoms with Gasteiger partial charge in [-0.2, -0.15) is 0 Å². The van der Waals surface area contributed by atoms with Crippen molar-refractivity contribution in [1.82, 2.24) is 15.6 Å². The van der Waals surface area contributed by atoms with Gasteiger partial charge in [0.15, 0.2) is 11.5 Å². The summed E-state index contributed by atoms with van der Waals surface area (Å²) in [4.78, 5) is 16.0. The minimum atomic E-state index is -0.214. The quantitative estimate of drug-likeness (QED) is 0.904. The Kier molecular flexibility index (Phi) is 4.61. The van der Waals surface area contributed by atoms with Crippen molar-refractivity contribution in [3.63, 3.8) is 0 Å². The first-order valence-corrected chi connectivity index (χ1v) is 7.48. The molecule has 1 aliphatic heterocycles. The number of amides is 2. The number of aromatic nitrogens is 1. The van der Waals surface area contributed by atoms with E-state index in [2.05, 4.69) is 15.6 Å². The molecule has 1 aromatic carbocycles. The van der Waals surface area contributed by atoms with Gasteiger partial charge < -0.3 is 20.1 Å². The SMILES string of the molecule is COc1cccc2c1OC[C@H](NC(=O)NCc1cccnc1)C2. The van der Waals surface area contributed by atoms with Crippen LogP contribution in [0.1, 0.15) is 11.1 Å². The molecule has 0 saturated carbocycles. The van der Waals surface area contributed by atoms with Crippen molar-refractivity contribution in [2.75, 3.05) is 13.7 Å². The first-order valence-electron chi connectivity index (χ1n) is 7.48. The Balaban J connectivity index is 1.54. The smallest absolute Gasteiger partial charge is 0.315 e. The molecule has 0 unspecified atom stereocenters. The van der Waals surface area contributed by atoms with Gasteiger partial charge in [0.1, 0.15) is 6.61 Å². The van der Waals surface area contributed by atoms with Crippen molar-refractivity contribution < 1.29 is 14.3 Å². The van der Waals surface area contributed by atoms with E-state index in [0.717, 1.165) is 22.6 Å². The van der Waals surface area contributed by atoms with Gasteiger partial charge in [-0.05, 0) is 24.1 Å². The molecule has 23 heavy (non-hydrogen) atoms. The molecule has 2 aromatic rings. The summed E-state index contributed by atoms with van der Waals surface area (Å²) in [6, 6.07) is 9.25. The average molecular weight is 313 g/mol. The number of para-hydroxylation sites is 1. The maximum atomic E-state index is 12.0. The van der Waals surface area contributed by atoms with Gasteiger partial charge in [-0.15, -0.1) is 0 Å². The third-order valence-electron chi connectivity index (χ3n) is 3.69. The number of hydrogen-bond acceptors (Lipinski definition) is 4. The first kappa shape index (κ1) is 15.1. The Labute approximate surface area is 134 Å². The maximum Gasteiger partial charge on any atom is 0.315 e. The van der Waals surface area contributed by atoms with Gasteiger partial charge in [0.05, 0.1) is 13.2 Å². The van der Waals surface area contributed by atoms with Gasteiger partial charge in [0.2, 0.25) is 0 Å². The number of pyridine rings is 1. The van der Waals surface area contributed by atoms with E-state index in [9.17, 15) is 4.79 Å². The lowest BCUT2D eigenvalue weighted by molar-refractivity contribution is 0.210. The molecule has 0 radical (unpaired) electrons. The molecule has 2 N–H and O–H groups in total. The van der Waals surface area contributed by atoms with Crippen molar-refractivity contribution in [2.45, 2.75) is 19.0 Å². The monoisotopic (exact) mass is 313 g/mol. The first-order chi connectivity index (χ1) is 11.3. The van der Waals surface area contributed by atoms with Crippen molar-refractivity contribution >= 4 is 6.03 Å². The molecule has 0 spiro atoms. The van der Waals surface area contributed by atoms with Crippen molar-refractivity contribution in [2.24, 2.45) is 0 Å². The lowest BCUT2D eigenvalue weighted by Gasteiger charge is -2.27. The molecular formula is C17H19N3O3. The summed E-state index contributed by atoms with van der Waals surface area (Å²) in [5, 5.41) is 5.75. The lowest BCUT2D eigenvalue weighted by atomic mass is 10.0. The molecule has 0 bridgehead atoms. The van der Waals surface area contributed by atoms with Crippen LogP contribution in [-0.2, 0) is 13.0 Å². The fourth-order valence-electron chi connectivity index (χ4n) is 2.57. The highest BCUT2D eigenvalue weighted by atomic mass is 16.5. The van der Waals surface area contributed by atoms with Gasteiger partial charge in [-0.25, -0.2) is 4.79 Å². The van der Waals surface area contributed by atoms with Crippen LogP contribution in [0.4, 0.5) is 4.79 Å². The number of fused-ring (bicyclic) bond motifs is 1. The lowest BCUT2D eigenvalue weighted by Crippen LogP contribution is -2.47. The molecule has 0 saturated heterocycles. The topological polar surface area (TPSA) is 72.5 Å². The van der Waals surface area contributed by atoms with Crippen molar-refractivity contribution in [1.29, 1.82) is 0 Å². The predicted molar refractivity (Wildman–Crippen MR) is 85.6 cm³/mol. The van der Waals surface area contributed by atoms with Crippen LogP contribution in [0, 0.1) is 0 Å². The Bertz CT molecular complexity index is 676. The molecule has 2 amide bonds. The molecule has 120 valence electrons. The zero-order chi connectivity index (χ0) is 16.1. The van der Waals surface area contributed by atoms with Crippen LogP contribution in [0.15, 0.2) is 42.7 Å². The molecule has 1 atom stereocenters. The van der Waals surface area contributed by atoms with Crippen molar-refractivity contribution in [3.05, 3.63) is 53.9 Å². The number of rotatable bonds is 4. The molecule has 0 fully saturated rings. The molecule has 1 aromatic heterocycles. The average Bonchev–Trinajstić information content (AvgIpc) is 2.60. The van der Waals surface area contributed by atoms with Gasteiger partial charge in [0.25, 0.3) is 0 Å². The molecule has 2 heterocycles. The zero-order valence-corrected chi connectivity index (χ0v) is 12.9. The fourth-order valence-corrected chi connectivity index (χ4v) is 2.57. The van der Waals surface area contributed by atoms with Crippen molar-refractivity contribution in [3.8, 4) is 11.5 Å². The second kappa shape index (κ2) is 7.00. The summed E-state index contributed by atoms with van der Waals surface area (Å²) < 4.78 is 11.0. The zero-order valence-electron chi connectivity index (χ0n) is 12.9. The largest absolute Gasteiger partial charge is 0.493 e. The molecule has 6 nitrogen and oxygen atoms in total. The summed E-state index contributed by atoms with van der Waals surface area (Å²) in [5.74, 6) is 1.49. The number of carbonyl (C=O) groups is 1. The third kappa shape index (κ3) is 3.71. The Morgan fingerprint density at radius 1 is 1.39 bits per heavy atom. The van der Waals surface area contributed by atoms with E-state index < -0.39 is 0 Å². The van der Waals surface area contributed by atoms with Crippen LogP contribution in [0.2, 0.25) is 0 Å². The second-order valence-electron chi connectivity index (χ2n) is 5.35. The number of nitrogens with one attached hydrogen (secondary N) is 2. The third-order valence-corrected chi connectivity index (χ3v) is 3.69. The number of methoxy groups -OCH3 is 1. The summed E-state index contributed by atoms with van der Waals surface area (Å²) >= 11 is 0. The standard InChI is InChI=1S/C17H19N3O3/c1-22-15-6-2-5-13-8-14(11-23-16(13)15)20-17(21)19-10-12-4-3-7-18-9-12/h2-7,9,14H,8,10-11H2,1H3,(H2,19,20,21)/t14-/m1/s1. The van der Waals surface area contributed by atoms with E-state index in [1.54, 1.807) is 19.5 Å². The van der Waals surface area contributed by atoms with Gasteiger partial charge >= 0.3 is 6.03 Å². The van der Waals surface area contributed by atoms with E-state index in [1.807, 2.05) is 30.3 Å². The molecule has 0 aliphatic carbocycles. The highest BCUT2D eigenvalue weighted by Crippen LogP contribution is 2.34. The van der Waals surface area contributed by atoms with Crippen LogP contribution in [0.25, 0.3) is 0 Å². The molecular weight excluding hydrogens is 294 g/mol. The summed E-state index contributed by atoms with van der Waals surface area (Å²) in [7, 11) is 1.62. The van der Waals surface area contributed by atoms with Crippen LogP contribution in [-0.4, -0.2) is 30.8 Å². The number of urea groups is 1. The highest BCUT2D eigenvalue weighted by molar-refractivity contribution is 5.74. The maximum absolute atomic E-state index is 12.0. The van der Waals surface area contributed by atoms with E-state index in [1.165, 1.54) is 0 Å². The van der Waals surface area contributed by atoms with Crippen LogP contribution in [0.5, 0.6) is 11.5 Å². The normalized spacial score (nSPS) is 16.0. The Morgan fingerprint density at radius 2 is 2.30 bits per heavy atom. The number of ether oxygens (including phenoxy) is 2. The van der Waals surface area contributed by atoms with Gasteiger partial charge in [0, 0.05) is 24.5 Å². The number of hydrogen-bond donors (Lipinski definition) is 2. The van der Waals surface area contributed by atoms with Crippen LogP contribution >= 0.6 is 0 Å². The van der Waals surface area contributed by atoms with Gasteiger partial charge in [-0.3, -0.25) is 4.98 Å². The molecule has 6 heteroatoms. The summed E-state index contributed by atoms with van der Waals surface area (Å²) in [6.45, 7) is 0.866. The van der Waals surface area contributed by atoms with Crippen LogP contribution < -0.4 is 20.1 Å². The highest BCUT2D eigenvalue weighted by Gasteiger charge is 2.23. The molecule has 3 rings (SSSR count). The van der Waals surface area contributed by atoms with Gasteiger partial charge in [-0.1, -0.05) is 18.2 Å². The van der Waals surface area contributed by atoms with E-state index in [0.29, 0.717) is 19.6 Å². The molecule has 1 aliphatic rings. The van der Waals surface area contributed by atoms with E-state index in [-0.39, 0.29) is 12.1 Å².